The maximum Gasteiger partial charge on any atom is 0.419 e. The molecule has 0 saturated carbocycles. The minimum absolute atomic E-state index is 0.0798. The minimum atomic E-state index is -5.04. The molecule has 1 heterocycles. The first-order valence-electron chi connectivity index (χ1n) is 9.86. The molecule has 0 saturated heterocycles. The third-order valence-electron chi connectivity index (χ3n) is 5.59. The van der Waals surface area contributed by atoms with E-state index < -0.39 is 42.6 Å². The molecule has 6 nitrogen and oxygen atoms in total. The van der Waals surface area contributed by atoms with E-state index in [-0.39, 0.29) is 33.6 Å². The molecule has 0 spiro atoms. The van der Waals surface area contributed by atoms with Crippen molar-refractivity contribution in [3.05, 3.63) is 62.8 Å². The van der Waals surface area contributed by atoms with Gasteiger partial charge in [-0.2, -0.15) is 13.2 Å². The van der Waals surface area contributed by atoms with E-state index in [0.717, 1.165) is 16.8 Å². The fraction of sp³-hybridized carbons (Fsp3) is 0.500. The molecule has 1 atom stereocenters. The van der Waals surface area contributed by atoms with Crippen molar-refractivity contribution >= 4 is 0 Å². The van der Waals surface area contributed by atoms with Gasteiger partial charge in [0.15, 0.2) is 11.0 Å². The first-order valence-corrected chi connectivity index (χ1v) is 9.86. The van der Waals surface area contributed by atoms with Gasteiger partial charge >= 0.3 is 6.18 Å². The number of alkyl halides is 3. The van der Waals surface area contributed by atoms with E-state index >= 15 is 0 Å². The van der Waals surface area contributed by atoms with Gasteiger partial charge in [0.05, 0.1) is 26.0 Å². The van der Waals surface area contributed by atoms with Gasteiger partial charge in [-0.05, 0) is 43.9 Å². The molecule has 0 aliphatic carbocycles. The third kappa shape index (κ3) is 5.07. The third-order valence-corrected chi connectivity index (χ3v) is 5.59. The predicted molar refractivity (Wildman–Crippen MR) is 112 cm³/mol. The number of aliphatic hydroxyl groups is 2. The van der Waals surface area contributed by atoms with Crippen LogP contribution in [0.3, 0.4) is 0 Å². The van der Waals surface area contributed by atoms with Gasteiger partial charge in [-0.3, -0.25) is 9.47 Å². The largest absolute Gasteiger partial charge is 0.496 e. The van der Waals surface area contributed by atoms with E-state index in [9.17, 15) is 32.6 Å². The van der Waals surface area contributed by atoms with Crippen LogP contribution in [0.1, 0.15) is 42.7 Å². The highest BCUT2D eigenvalue weighted by atomic mass is 19.4. The van der Waals surface area contributed by atoms with Gasteiger partial charge in [-0.1, -0.05) is 13.8 Å². The number of aromatic nitrogens is 1. The number of aliphatic hydroxyl groups excluding tert-OH is 1. The fourth-order valence-corrected chi connectivity index (χ4v) is 3.79. The summed E-state index contributed by atoms with van der Waals surface area (Å²) in [6.45, 7) is 4.27. The number of nitrogens with one attached hydrogen (secondary N) is 1. The van der Waals surface area contributed by atoms with E-state index in [1.807, 2.05) is 0 Å². The Hall–Kier alpha value is -2.59. The topological polar surface area (TPSA) is 83.7 Å². The molecule has 10 heteroatoms. The normalized spacial score (nSPS) is 14.2. The Morgan fingerprint density at radius 2 is 1.81 bits per heavy atom. The van der Waals surface area contributed by atoms with Gasteiger partial charge < -0.3 is 20.4 Å². The molecule has 3 N–H and O–H groups in total. The molecule has 0 amide bonds. The van der Waals surface area contributed by atoms with Crippen LogP contribution < -0.4 is 15.6 Å². The molecule has 1 aromatic heterocycles. The van der Waals surface area contributed by atoms with Crippen molar-refractivity contribution in [2.75, 3.05) is 19.1 Å². The van der Waals surface area contributed by atoms with Crippen LogP contribution in [0.15, 0.2) is 29.2 Å². The summed E-state index contributed by atoms with van der Waals surface area (Å²) in [4.78, 5) is 12.1. The van der Waals surface area contributed by atoms with Crippen molar-refractivity contribution in [1.29, 1.82) is 0 Å². The van der Waals surface area contributed by atoms with Gasteiger partial charge in [-0.15, -0.1) is 0 Å². The standard InChI is InChI=1S/C22H28F4N2O4/c1-13-9-28(17(10-29)14(2)19(13)30)27-12-21(31,22(24,25)26)11-20(3,4)16-8-15(23)6-7-18(16)32-5/h6-9,27,29,31H,10-12H2,1-5H3. The van der Waals surface area contributed by atoms with Crippen molar-refractivity contribution in [2.45, 2.75) is 57.9 Å². The highest BCUT2D eigenvalue weighted by Gasteiger charge is 2.56. The van der Waals surface area contributed by atoms with Gasteiger partial charge in [0.1, 0.15) is 11.6 Å². The average Bonchev–Trinajstić information content (AvgIpc) is 2.69. The number of hydrogen-bond donors (Lipinski definition) is 3. The smallest absolute Gasteiger partial charge is 0.419 e. The number of benzene rings is 1. The molecular weight excluding hydrogens is 432 g/mol. The van der Waals surface area contributed by atoms with Crippen LogP contribution in [0.4, 0.5) is 17.6 Å². The van der Waals surface area contributed by atoms with Gasteiger partial charge in [-0.25, -0.2) is 4.39 Å². The highest BCUT2D eigenvalue weighted by Crippen LogP contribution is 2.43. The SMILES string of the molecule is COc1ccc(F)cc1C(C)(C)CC(O)(CNn1cc(C)c(=O)c(C)c1CO)C(F)(F)F. The molecule has 1 unspecified atom stereocenters. The van der Waals surface area contributed by atoms with Gasteiger partial charge in [0, 0.05) is 22.9 Å². The summed E-state index contributed by atoms with van der Waals surface area (Å²) in [7, 11) is 1.32. The monoisotopic (exact) mass is 460 g/mol. The van der Waals surface area contributed by atoms with Crippen LogP contribution in [0.2, 0.25) is 0 Å². The zero-order chi connectivity index (χ0) is 24.5. The van der Waals surface area contributed by atoms with E-state index in [1.54, 1.807) is 0 Å². The molecular formula is C22H28F4N2O4. The second-order valence-electron chi connectivity index (χ2n) is 8.51. The Labute approximate surface area is 183 Å². The molecule has 2 rings (SSSR count). The van der Waals surface area contributed by atoms with Crippen LogP contribution in [-0.4, -0.2) is 40.3 Å². The lowest BCUT2D eigenvalue weighted by molar-refractivity contribution is -0.261. The highest BCUT2D eigenvalue weighted by molar-refractivity contribution is 5.40. The number of hydrogen-bond acceptors (Lipinski definition) is 5. The van der Waals surface area contributed by atoms with Crippen LogP contribution in [0.25, 0.3) is 0 Å². The lowest BCUT2D eigenvalue weighted by atomic mass is 9.74. The fourth-order valence-electron chi connectivity index (χ4n) is 3.79. The lowest BCUT2D eigenvalue weighted by Crippen LogP contribution is -2.55. The Morgan fingerprint density at radius 3 is 2.34 bits per heavy atom. The van der Waals surface area contributed by atoms with Gasteiger partial charge in [0.25, 0.3) is 0 Å². The first-order chi connectivity index (χ1) is 14.7. The van der Waals surface area contributed by atoms with Crippen molar-refractivity contribution in [3.8, 4) is 5.75 Å². The van der Waals surface area contributed by atoms with Crippen LogP contribution in [0.5, 0.6) is 5.75 Å². The summed E-state index contributed by atoms with van der Waals surface area (Å²) in [5, 5.41) is 20.3. The number of halogens is 4. The maximum atomic E-state index is 14.0. The van der Waals surface area contributed by atoms with E-state index in [1.165, 1.54) is 47.1 Å². The zero-order valence-corrected chi connectivity index (χ0v) is 18.6. The lowest BCUT2D eigenvalue weighted by Gasteiger charge is -2.39. The summed E-state index contributed by atoms with van der Waals surface area (Å²) in [5.74, 6) is -0.447. The minimum Gasteiger partial charge on any atom is -0.496 e. The van der Waals surface area contributed by atoms with Crippen LogP contribution >= 0.6 is 0 Å². The first kappa shape index (κ1) is 25.7. The summed E-state index contributed by atoms with van der Waals surface area (Å²) >= 11 is 0. The summed E-state index contributed by atoms with van der Waals surface area (Å²) < 4.78 is 62.2. The molecule has 2 aromatic rings. The van der Waals surface area contributed by atoms with E-state index in [0.29, 0.717) is 0 Å². The number of aryl methyl sites for hydroxylation is 1. The van der Waals surface area contributed by atoms with Crippen molar-refractivity contribution < 1.29 is 32.5 Å². The number of rotatable bonds is 8. The van der Waals surface area contributed by atoms with Crippen LogP contribution in [0, 0.1) is 19.7 Å². The molecule has 32 heavy (non-hydrogen) atoms. The Bertz CT molecular complexity index is 1030. The van der Waals surface area contributed by atoms with Crippen molar-refractivity contribution in [2.24, 2.45) is 0 Å². The van der Waals surface area contributed by atoms with Crippen LogP contribution in [-0.2, 0) is 12.0 Å². The van der Waals surface area contributed by atoms with E-state index in [2.05, 4.69) is 5.43 Å². The zero-order valence-electron chi connectivity index (χ0n) is 18.6. The summed E-state index contributed by atoms with van der Waals surface area (Å²) in [6, 6.07) is 3.53. The molecule has 0 fully saturated rings. The maximum absolute atomic E-state index is 14.0. The molecule has 1 aromatic carbocycles. The quantitative estimate of drug-likeness (QED) is 0.527. The summed E-state index contributed by atoms with van der Waals surface area (Å²) in [6.07, 6.45) is -4.60. The summed E-state index contributed by atoms with van der Waals surface area (Å²) in [5.41, 5.74) is -1.74. The predicted octanol–water partition coefficient (Wildman–Crippen LogP) is 3.31. The second kappa shape index (κ2) is 9.11. The number of methoxy groups -OCH3 is 1. The number of ether oxygens (including phenoxy) is 1. The average molecular weight is 460 g/mol. The van der Waals surface area contributed by atoms with Gasteiger partial charge in [0.2, 0.25) is 0 Å². The van der Waals surface area contributed by atoms with E-state index in [4.69, 9.17) is 4.74 Å². The Morgan fingerprint density at radius 1 is 1.19 bits per heavy atom. The molecule has 0 aliphatic rings. The molecule has 0 bridgehead atoms. The Kier molecular flexibility index (Phi) is 7.31. The second-order valence-corrected chi connectivity index (χ2v) is 8.51. The van der Waals surface area contributed by atoms with Crippen molar-refractivity contribution in [1.82, 2.24) is 4.68 Å². The van der Waals surface area contributed by atoms with Crippen molar-refractivity contribution in [3.63, 3.8) is 0 Å². The number of pyridine rings is 1. The molecule has 0 aliphatic heterocycles. The molecule has 0 radical (unpaired) electrons. The number of nitrogens with zero attached hydrogens (tertiary/aromatic N) is 1. The molecule has 178 valence electrons. The Balaban J connectivity index is 2.45.